The zero-order chi connectivity index (χ0) is 10.4. The Kier molecular flexibility index (Phi) is 4.47. The maximum absolute atomic E-state index is 3.42. The van der Waals surface area contributed by atoms with Crippen LogP contribution in [0.25, 0.3) is 0 Å². The second-order valence-electron chi connectivity index (χ2n) is 3.67. The normalized spacial score (nSPS) is 12.9. The van der Waals surface area contributed by atoms with Crippen LogP contribution < -0.4 is 5.32 Å². The number of anilines is 1. The van der Waals surface area contributed by atoms with Gasteiger partial charge in [-0.2, -0.15) is 0 Å². The van der Waals surface area contributed by atoms with Crippen LogP contribution in [0.1, 0.15) is 13.8 Å². The summed E-state index contributed by atoms with van der Waals surface area (Å²) in [5.74, 6) is 0. The van der Waals surface area contributed by atoms with E-state index in [-0.39, 0.29) is 0 Å². The summed E-state index contributed by atoms with van der Waals surface area (Å²) in [6.07, 6.45) is 0. The summed E-state index contributed by atoms with van der Waals surface area (Å²) in [7, 11) is 2.15. The van der Waals surface area contributed by atoms with Crippen LogP contribution in [0, 0.1) is 0 Å². The van der Waals surface area contributed by atoms with Crippen molar-refractivity contribution in [1.29, 1.82) is 0 Å². The van der Waals surface area contributed by atoms with E-state index in [1.807, 2.05) is 6.07 Å². The van der Waals surface area contributed by atoms with Crippen molar-refractivity contribution in [1.82, 2.24) is 4.90 Å². The van der Waals surface area contributed by atoms with Gasteiger partial charge in [0.25, 0.3) is 0 Å². The molecule has 78 valence electrons. The Hall–Kier alpha value is -1.02. The highest BCUT2D eigenvalue weighted by Crippen LogP contribution is 2.05. The predicted molar refractivity (Wildman–Crippen MR) is 62.7 cm³/mol. The Bertz CT molecular complexity index is 246. The molecule has 0 saturated heterocycles. The average Bonchev–Trinajstić information content (AvgIpc) is 2.26. The molecule has 0 fully saturated rings. The highest BCUT2D eigenvalue weighted by Gasteiger charge is 2.05. The molecule has 1 aromatic carbocycles. The van der Waals surface area contributed by atoms with Gasteiger partial charge in [-0.05, 0) is 32.6 Å². The van der Waals surface area contributed by atoms with Crippen molar-refractivity contribution in [2.75, 3.05) is 25.5 Å². The summed E-state index contributed by atoms with van der Waals surface area (Å²) in [6.45, 7) is 6.50. The summed E-state index contributed by atoms with van der Waals surface area (Å²) in [6, 6.07) is 10.9. The number of hydrogen-bond donors (Lipinski definition) is 1. The predicted octanol–water partition coefficient (Wildman–Crippen LogP) is 2.44. The standard InChI is InChI=1S/C12H20N2/c1-4-14(3)11(2)10-13-12-8-6-5-7-9-12/h5-9,11,13H,4,10H2,1-3H3. The summed E-state index contributed by atoms with van der Waals surface area (Å²) >= 11 is 0. The molecule has 0 bridgehead atoms. The maximum Gasteiger partial charge on any atom is 0.0340 e. The minimum atomic E-state index is 0.570. The molecule has 0 aromatic heterocycles. The van der Waals surface area contributed by atoms with E-state index >= 15 is 0 Å². The fraction of sp³-hybridized carbons (Fsp3) is 0.500. The lowest BCUT2D eigenvalue weighted by Gasteiger charge is -2.23. The number of nitrogens with one attached hydrogen (secondary N) is 1. The Morgan fingerprint density at radius 1 is 1.29 bits per heavy atom. The molecule has 0 saturated carbocycles. The lowest BCUT2D eigenvalue weighted by Crippen LogP contribution is -2.34. The van der Waals surface area contributed by atoms with Crippen LogP contribution in [-0.4, -0.2) is 31.1 Å². The highest BCUT2D eigenvalue weighted by atomic mass is 15.1. The highest BCUT2D eigenvalue weighted by molar-refractivity contribution is 5.42. The molecule has 14 heavy (non-hydrogen) atoms. The number of benzene rings is 1. The maximum atomic E-state index is 3.42. The molecule has 0 aliphatic rings. The molecule has 0 amide bonds. The van der Waals surface area contributed by atoms with Crippen molar-refractivity contribution in [3.8, 4) is 0 Å². The monoisotopic (exact) mass is 192 g/mol. The zero-order valence-electron chi connectivity index (χ0n) is 9.33. The van der Waals surface area contributed by atoms with E-state index in [9.17, 15) is 0 Å². The van der Waals surface area contributed by atoms with Gasteiger partial charge in [-0.15, -0.1) is 0 Å². The molecule has 0 heterocycles. The minimum absolute atomic E-state index is 0.570. The SMILES string of the molecule is CCN(C)C(C)CNc1ccccc1. The molecule has 0 aliphatic carbocycles. The summed E-state index contributed by atoms with van der Waals surface area (Å²) in [5.41, 5.74) is 1.20. The first-order valence-electron chi connectivity index (χ1n) is 5.23. The van der Waals surface area contributed by atoms with E-state index in [0.717, 1.165) is 13.1 Å². The minimum Gasteiger partial charge on any atom is -0.383 e. The Morgan fingerprint density at radius 2 is 1.93 bits per heavy atom. The van der Waals surface area contributed by atoms with Crippen LogP contribution in [0.5, 0.6) is 0 Å². The largest absolute Gasteiger partial charge is 0.383 e. The first-order chi connectivity index (χ1) is 6.74. The second kappa shape index (κ2) is 5.66. The quantitative estimate of drug-likeness (QED) is 0.771. The van der Waals surface area contributed by atoms with Crippen LogP contribution in [0.3, 0.4) is 0 Å². The lowest BCUT2D eigenvalue weighted by atomic mass is 10.2. The molecule has 0 spiro atoms. The van der Waals surface area contributed by atoms with Crippen LogP contribution in [-0.2, 0) is 0 Å². The van der Waals surface area contributed by atoms with E-state index in [2.05, 4.69) is 55.4 Å². The Balaban J connectivity index is 2.34. The van der Waals surface area contributed by atoms with Gasteiger partial charge in [0.15, 0.2) is 0 Å². The van der Waals surface area contributed by atoms with Gasteiger partial charge >= 0.3 is 0 Å². The van der Waals surface area contributed by atoms with Crippen molar-refractivity contribution in [2.24, 2.45) is 0 Å². The van der Waals surface area contributed by atoms with E-state index in [1.54, 1.807) is 0 Å². The first-order valence-corrected chi connectivity index (χ1v) is 5.23. The van der Waals surface area contributed by atoms with Crippen molar-refractivity contribution in [2.45, 2.75) is 19.9 Å². The van der Waals surface area contributed by atoms with Crippen LogP contribution in [0.4, 0.5) is 5.69 Å². The lowest BCUT2D eigenvalue weighted by molar-refractivity contribution is 0.281. The van der Waals surface area contributed by atoms with Gasteiger partial charge < -0.3 is 10.2 Å². The van der Waals surface area contributed by atoms with E-state index < -0.39 is 0 Å². The van der Waals surface area contributed by atoms with E-state index in [0.29, 0.717) is 6.04 Å². The topological polar surface area (TPSA) is 15.3 Å². The third-order valence-corrected chi connectivity index (χ3v) is 2.63. The Morgan fingerprint density at radius 3 is 2.50 bits per heavy atom. The van der Waals surface area contributed by atoms with Gasteiger partial charge in [-0.1, -0.05) is 25.1 Å². The van der Waals surface area contributed by atoms with Crippen molar-refractivity contribution in [3.63, 3.8) is 0 Å². The molecule has 2 heteroatoms. The molecule has 2 nitrogen and oxygen atoms in total. The van der Waals surface area contributed by atoms with Gasteiger partial charge in [-0.3, -0.25) is 0 Å². The van der Waals surface area contributed by atoms with Crippen molar-refractivity contribution >= 4 is 5.69 Å². The third-order valence-electron chi connectivity index (χ3n) is 2.63. The van der Waals surface area contributed by atoms with Crippen molar-refractivity contribution in [3.05, 3.63) is 30.3 Å². The molecule has 1 rings (SSSR count). The van der Waals surface area contributed by atoms with Crippen molar-refractivity contribution < 1.29 is 0 Å². The number of nitrogens with zero attached hydrogens (tertiary/aromatic N) is 1. The molecule has 1 unspecified atom stereocenters. The number of likely N-dealkylation sites (N-methyl/N-ethyl adjacent to an activating group) is 1. The Labute approximate surface area is 86.9 Å². The fourth-order valence-corrected chi connectivity index (χ4v) is 1.29. The van der Waals surface area contributed by atoms with Crippen LogP contribution in [0.2, 0.25) is 0 Å². The summed E-state index contributed by atoms with van der Waals surface area (Å²) in [5, 5.41) is 3.42. The van der Waals surface area contributed by atoms with Gasteiger partial charge in [0, 0.05) is 18.3 Å². The molecular weight excluding hydrogens is 172 g/mol. The summed E-state index contributed by atoms with van der Waals surface area (Å²) in [4.78, 5) is 2.33. The van der Waals surface area contributed by atoms with Crippen LogP contribution >= 0.6 is 0 Å². The smallest absolute Gasteiger partial charge is 0.0340 e. The molecule has 1 aromatic rings. The molecule has 0 aliphatic heterocycles. The number of rotatable bonds is 5. The first kappa shape index (κ1) is 11.1. The second-order valence-corrected chi connectivity index (χ2v) is 3.67. The van der Waals surface area contributed by atoms with E-state index in [1.165, 1.54) is 5.69 Å². The fourth-order valence-electron chi connectivity index (χ4n) is 1.29. The zero-order valence-corrected chi connectivity index (χ0v) is 9.33. The molecular formula is C12H20N2. The third kappa shape index (κ3) is 3.38. The van der Waals surface area contributed by atoms with Crippen LogP contribution in [0.15, 0.2) is 30.3 Å². The summed E-state index contributed by atoms with van der Waals surface area (Å²) < 4.78 is 0. The number of hydrogen-bond acceptors (Lipinski definition) is 2. The molecule has 0 radical (unpaired) electrons. The van der Waals surface area contributed by atoms with Gasteiger partial charge in [-0.25, -0.2) is 0 Å². The number of para-hydroxylation sites is 1. The average molecular weight is 192 g/mol. The van der Waals surface area contributed by atoms with E-state index in [4.69, 9.17) is 0 Å². The van der Waals surface area contributed by atoms with Gasteiger partial charge in [0.2, 0.25) is 0 Å². The van der Waals surface area contributed by atoms with Gasteiger partial charge in [0.05, 0.1) is 0 Å². The molecule has 1 N–H and O–H groups in total. The van der Waals surface area contributed by atoms with Gasteiger partial charge in [0.1, 0.15) is 0 Å². The molecule has 1 atom stereocenters.